The quantitative estimate of drug-likeness (QED) is 0.710. The number of ether oxygens (including phenoxy) is 1. The number of amides is 1. The Bertz CT molecular complexity index is 888. The van der Waals surface area contributed by atoms with Crippen molar-refractivity contribution in [3.05, 3.63) is 52.8 Å². The van der Waals surface area contributed by atoms with Gasteiger partial charge in [-0.1, -0.05) is 15.9 Å². The largest absolute Gasteiger partial charge is 0.494 e. The van der Waals surface area contributed by atoms with Crippen molar-refractivity contribution in [2.75, 3.05) is 25.5 Å². The van der Waals surface area contributed by atoms with Gasteiger partial charge in [0.15, 0.2) is 0 Å². The lowest BCUT2D eigenvalue weighted by Crippen LogP contribution is -2.35. The third-order valence-electron chi connectivity index (χ3n) is 3.41. The van der Waals surface area contributed by atoms with Gasteiger partial charge in [-0.2, -0.15) is 4.31 Å². The van der Waals surface area contributed by atoms with Crippen molar-refractivity contribution in [1.82, 2.24) is 4.31 Å². The Morgan fingerprint density at radius 2 is 1.88 bits per heavy atom. The van der Waals surface area contributed by atoms with E-state index < -0.39 is 28.3 Å². The van der Waals surface area contributed by atoms with E-state index in [1.165, 1.54) is 31.3 Å². The van der Waals surface area contributed by atoms with Crippen LogP contribution in [0.4, 0.5) is 10.1 Å². The number of nitrogens with zero attached hydrogens (tertiary/aromatic N) is 1. The van der Waals surface area contributed by atoms with Gasteiger partial charge in [-0.3, -0.25) is 4.79 Å². The van der Waals surface area contributed by atoms with Crippen LogP contribution in [0.2, 0.25) is 0 Å². The number of nitrogens with one attached hydrogen (secondary N) is 1. The summed E-state index contributed by atoms with van der Waals surface area (Å²) in [5, 5.41) is 2.36. The van der Waals surface area contributed by atoms with Gasteiger partial charge in [0.25, 0.3) is 0 Å². The molecule has 0 aromatic heterocycles. The van der Waals surface area contributed by atoms with Crippen LogP contribution in [0.15, 0.2) is 51.8 Å². The molecule has 1 N–H and O–H groups in total. The number of likely N-dealkylation sites (N-methyl/N-ethyl adjacent to an activating group) is 1. The van der Waals surface area contributed by atoms with Crippen LogP contribution in [0.25, 0.3) is 0 Å². The van der Waals surface area contributed by atoms with Crippen LogP contribution in [0, 0.1) is 5.82 Å². The first-order valence-electron chi connectivity index (χ1n) is 7.68. The fourth-order valence-corrected chi connectivity index (χ4v) is 3.58. The molecule has 0 aliphatic rings. The minimum atomic E-state index is -3.86. The minimum absolute atomic E-state index is 0.0231. The van der Waals surface area contributed by atoms with Gasteiger partial charge in [0.2, 0.25) is 15.9 Å². The van der Waals surface area contributed by atoms with E-state index in [0.717, 1.165) is 4.31 Å². The number of anilines is 1. The number of sulfonamides is 1. The average molecular weight is 445 g/mol. The number of rotatable bonds is 7. The summed E-state index contributed by atoms with van der Waals surface area (Å²) in [5.74, 6) is -0.717. The van der Waals surface area contributed by atoms with Crippen molar-refractivity contribution in [2.24, 2.45) is 0 Å². The Labute approximate surface area is 160 Å². The summed E-state index contributed by atoms with van der Waals surface area (Å²) < 4.78 is 45.5. The van der Waals surface area contributed by atoms with Crippen LogP contribution in [0.5, 0.6) is 5.75 Å². The Morgan fingerprint density at radius 3 is 2.46 bits per heavy atom. The van der Waals surface area contributed by atoms with Gasteiger partial charge in [0.1, 0.15) is 11.6 Å². The molecule has 140 valence electrons. The lowest BCUT2D eigenvalue weighted by atomic mass is 10.3. The normalized spacial score (nSPS) is 11.4. The molecule has 6 nitrogen and oxygen atoms in total. The monoisotopic (exact) mass is 444 g/mol. The second kappa shape index (κ2) is 8.61. The Balaban J connectivity index is 2.07. The van der Waals surface area contributed by atoms with Crippen LogP contribution in [-0.4, -0.2) is 38.8 Å². The van der Waals surface area contributed by atoms with Gasteiger partial charge < -0.3 is 10.1 Å². The molecule has 0 heterocycles. The number of carbonyl (C=O) groups excluding carboxylic acids is 1. The average Bonchev–Trinajstić information content (AvgIpc) is 2.58. The van der Waals surface area contributed by atoms with Crippen molar-refractivity contribution in [3.63, 3.8) is 0 Å². The van der Waals surface area contributed by atoms with Gasteiger partial charge in [0.05, 0.1) is 23.7 Å². The van der Waals surface area contributed by atoms with E-state index in [9.17, 15) is 17.6 Å². The highest BCUT2D eigenvalue weighted by atomic mass is 79.9. The van der Waals surface area contributed by atoms with E-state index in [-0.39, 0.29) is 10.6 Å². The van der Waals surface area contributed by atoms with Crippen LogP contribution in [0.1, 0.15) is 6.92 Å². The molecule has 0 atom stereocenters. The molecular weight excluding hydrogens is 427 g/mol. The number of benzene rings is 2. The summed E-state index contributed by atoms with van der Waals surface area (Å²) in [6, 6.07) is 10.1. The molecule has 0 spiro atoms. The maximum atomic E-state index is 13.8. The maximum Gasteiger partial charge on any atom is 0.243 e. The zero-order chi connectivity index (χ0) is 19.3. The van der Waals surface area contributed by atoms with Gasteiger partial charge in [-0.15, -0.1) is 0 Å². The summed E-state index contributed by atoms with van der Waals surface area (Å²) in [6.07, 6.45) is 0. The first-order valence-corrected chi connectivity index (χ1v) is 9.91. The second-order valence-corrected chi connectivity index (χ2v) is 8.30. The molecule has 0 bridgehead atoms. The highest BCUT2D eigenvalue weighted by molar-refractivity contribution is 9.10. The van der Waals surface area contributed by atoms with Gasteiger partial charge in [-0.25, -0.2) is 12.8 Å². The predicted octanol–water partition coefficient (Wildman–Crippen LogP) is 3.25. The van der Waals surface area contributed by atoms with Crippen LogP contribution < -0.4 is 10.1 Å². The van der Waals surface area contributed by atoms with E-state index >= 15 is 0 Å². The summed E-state index contributed by atoms with van der Waals surface area (Å²) in [6.45, 7) is 1.84. The topological polar surface area (TPSA) is 75.7 Å². The number of hydrogen-bond donors (Lipinski definition) is 1. The molecule has 26 heavy (non-hydrogen) atoms. The molecule has 0 aliphatic carbocycles. The molecule has 0 radical (unpaired) electrons. The lowest BCUT2D eigenvalue weighted by Gasteiger charge is -2.17. The van der Waals surface area contributed by atoms with E-state index in [2.05, 4.69) is 21.2 Å². The Morgan fingerprint density at radius 1 is 1.23 bits per heavy atom. The zero-order valence-corrected chi connectivity index (χ0v) is 16.6. The molecule has 1 amide bonds. The SMILES string of the molecule is CCOc1ccc(S(=O)(=O)N(C)CC(=O)Nc2ccc(Br)cc2F)cc1. The van der Waals surface area contributed by atoms with Gasteiger partial charge >= 0.3 is 0 Å². The lowest BCUT2D eigenvalue weighted by molar-refractivity contribution is -0.116. The molecule has 0 unspecified atom stereocenters. The van der Waals surface area contributed by atoms with E-state index in [0.29, 0.717) is 16.8 Å². The number of hydrogen-bond acceptors (Lipinski definition) is 4. The molecular formula is C17H18BrFN2O4S. The summed E-state index contributed by atoms with van der Waals surface area (Å²) in [4.78, 5) is 12.1. The predicted molar refractivity (Wildman–Crippen MR) is 100 cm³/mol. The molecule has 0 aliphatic heterocycles. The van der Waals surface area contributed by atoms with Crippen molar-refractivity contribution in [1.29, 1.82) is 0 Å². The van der Waals surface area contributed by atoms with Crippen molar-refractivity contribution < 1.29 is 22.3 Å². The van der Waals surface area contributed by atoms with E-state index in [1.807, 2.05) is 6.92 Å². The number of halogens is 2. The molecule has 9 heteroatoms. The Kier molecular flexibility index (Phi) is 6.74. The van der Waals surface area contributed by atoms with Crippen LogP contribution in [-0.2, 0) is 14.8 Å². The fraction of sp³-hybridized carbons (Fsp3) is 0.235. The van der Waals surface area contributed by atoms with Crippen molar-refractivity contribution in [3.8, 4) is 5.75 Å². The van der Waals surface area contributed by atoms with Gasteiger partial charge in [-0.05, 0) is 49.4 Å². The molecule has 2 rings (SSSR count). The minimum Gasteiger partial charge on any atom is -0.494 e. The zero-order valence-electron chi connectivity index (χ0n) is 14.2. The Hall–Kier alpha value is -1.97. The molecule has 2 aromatic rings. The first-order chi connectivity index (χ1) is 12.2. The summed E-state index contributed by atoms with van der Waals surface area (Å²) >= 11 is 3.12. The molecule has 0 saturated carbocycles. The van der Waals surface area contributed by atoms with Crippen LogP contribution in [0.3, 0.4) is 0 Å². The maximum absolute atomic E-state index is 13.8. The summed E-state index contributed by atoms with van der Waals surface area (Å²) in [7, 11) is -2.58. The third-order valence-corrected chi connectivity index (χ3v) is 5.73. The highest BCUT2D eigenvalue weighted by Gasteiger charge is 2.23. The molecule has 2 aromatic carbocycles. The summed E-state index contributed by atoms with van der Waals surface area (Å²) in [5.41, 5.74) is -0.0231. The molecule has 0 saturated heterocycles. The first kappa shape index (κ1) is 20.3. The fourth-order valence-electron chi connectivity index (χ4n) is 2.12. The third kappa shape index (κ3) is 5.03. The standard InChI is InChI=1S/C17H18BrFN2O4S/c1-3-25-13-5-7-14(8-6-13)26(23,24)21(2)11-17(22)20-16-9-4-12(18)10-15(16)19/h4-10H,3,11H2,1-2H3,(H,20,22). The van der Waals surface area contributed by atoms with Crippen LogP contribution >= 0.6 is 15.9 Å². The number of carbonyl (C=O) groups is 1. The second-order valence-electron chi connectivity index (χ2n) is 5.34. The van der Waals surface area contributed by atoms with E-state index in [1.54, 1.807) is 18.2 Å². The smallest absolute Gasteiger partial charge is 0.243 e. The van der Waals surface area contributed by atoms with Crippen molar-refractivity contribution >= 4 is 37.5 Å². The molecule has 0 fully saturated rings. The highest BCUT2D eigenvalue weighted by Crippen LogP contribution is 2.21. The van der Waals surface area contributed by atoms with E-state index in [4.69, 9.17) is 4.74 Å². The van der Waals surface area contributed by atoms with Crippen molar-refractivity contribution in [2.45, 2.75) is 11.8 Å². The van der Waals surface area contributed by atoms with Gasteiger partial charge in [0, 0.05) is 11.5 Å².